The second kappa shape index (κ2) is 8.65. The Hall–Kier alpha value is -3.58. The Morgan fingerprint density at radius 1 is 1.15 bits per heavy atom. The fraction of sp³-hybridized carbons (Fsp3) is 0.269. The molecule has 0 unspecified atom stereocenters. The number of aromatic amines is 1. The van der Waals surface area contributed by atoms with Gasteiger partial charge in [0.2, 0.25) is 5.91 Å². The van der Waals surface area contributed by atoms with Gasteiger partial charge < -0.3 is 14.6 Å². The van der Waals surface area contributed by atoms with Crippen LogP contribution in [0, 0.1) is 13.8 Å². The van der Waals surface area contributed by atoms with Gasteiger partial charge in [-0.1, -0.05) is 11.6 Å². The number of esters is 1. The molecule has 0 fully saturated rings. The van der Waals surface area contributed by atoms with E-state index in [1.165, 1.54) is 7.11 Å². The number of nitrogens with zero attached hydrogens (tertiary/aromatic N) is 3. The summed E-state index contributed by atoms with van der Waals surface area (Å²) >= 11 is 6.02. The van der Waals surface area contributed by atoms with E-state index in [0.717, 1.165) is 51.2 Å². The molecule has 5 rings (SSSR count). The number of carbonyl (C=O) groups is 2. The van der Waals surface area contributed by atoms with Gasteiger partial charge in [-0.15, -0.1) is 0 Å². The van der Waals surface area contributed by atoms with Crippen molar-refractivity contribution in [2.24, 2.45) is 0 Å². The third-order valence-corrected chi connectivity index (χ3v) is 6.84. The van der Waals surface area contributed by atoms with Gasteiger partial charge in [0, 0.05) is 58.0 Å². The molecule has 0 spiro atoms. The van der Waals surface area contributed by atoms with E-state index in [4.69, 9.17) is 16.3 Å². The highest BCUT2D eigenvalue weighted by atomic mass is 35.5. The number of rotatable bonds is 4. The summed E-state index contributed by atoms with van der Waals surface area (Å²) in [6.07, 6.45) is 1.03. The average molecular weight is 477 g/mol. The fourth-order valence-corrected chi connectivity index (χ4v) is 4.83. The minimum absolute atomic E-state index is 0.0611. The summed E-state index contributed by atoms with van der Waals surface area (Å²) in [6, 6.07) is 13.0. The molecule has 2 aromatic heterocycles. The number of ether oxygens (including phenoxy) is 1. The lowest BCUT2D eigenvalue weighted by Gasteiger charge is -2.27. The summed E-state index contributed by atoms with van der Waals surface area (Å²) in [6.45, 7) is 5.07. The Kier molecular flexibility index (Phi) is 5.65. The highest BCUT2D eigenvalue weighted by Gasteiger charge is 2.26. The second-order valence-electron chi connectivity index (χ2n) is 8.61. The number of carbonyl (C=O) groups excluding carboxylic acids is 2. The van der Waals surface area contributed by atoms with Gasteiger partial charge in [-0.25, -0.2) is 9.48 Å². The predicted molar refractivity (Wildman–Crippen MR) is 131 cm³/mol. The molecule has 8 heteroatoms. The number of methoxy groups -OCH3 is 1. The van der Waals surface area contributed by atoms with Crippen molar-refractivity contribution in [3.63, 3.8) is 0 Å². The van der Waals surface area contributed by atoms with Crippen LogP contribution >= 0.6 is 11.6 Å². The smallest absolute Gasteiger partial charge is 0.337 e. The molecule has 0 atom stereocenters. The van der Waals surface area contributed by atoms with Crippen LogP contribution in [0.1, 0.15) is 38.6 Å². The molecule has 0 aliphatic carbocycles. The van der Waals surface area contributed by atoms with Crippen molar-refractivity contribution in [1.82, 2.24) is 19.7 Å². The van der Waals surface area contributed by atoms with E-state index in [9.17, 15) is 9.59 Å². The zero-order valence-corrected chi connectivity index (χ0v) is 20.1. The van der Waals surface area contributed by atoms with Gasteiger partial charge in [0.25, 0.3) is 0 Å². The molecule has 174 valence electrons. The number of hydrogen-bond donors (Lipinski definition) is 1. The first kappa shape index (κ1) is 22.2. The molecular formula is C26H25ClN4O3. The van der Waals surface area contributed by atoms with Gasteiger partial charge in [-0.05, 0) is 56.3 Å². The van der Waals surface area contributed by atoms with Gasteiger partial charge in [-0.2, -0.15) is 5.10 Å². The number of halogens is 1. The molecule has 1 aliphatic rings. The minimum atomic E-state index is -0.371. The van der Waals surface area contributed by atoms with E-state index in [1.807, 2.05) is 59.8 Å². The summed E-state index contributed by atoms with van der Waals surface area (Å²) < 4.78 is 6.72. The quantitative estimate of drug-likeness (QED) is 0.438. The molecule has 2 aromatic carbocycles. The third kappa shape index (κ3) is 3.86. The summed E-state index contributed by atoms with van der Waals surface area (Å²) in [5, 5.41) is 6.29. The van der Waals surface area contributed by atoms with Crippen LogP contribution < -0.4 is 0 Å². The van der Waals surface area contributed by atoms with Crippen LogP contribution in [-0.4, -0.2) is 45.2 Å². The van der Waals surface area contributed by atoms with Crippen LogP contribution in [0.5, 0.6) is 0 Å². The van der Waals surface area contributed by atoms with E-state index in [-0.39, 0.29) is 18.3 Å². The molecule has 7 nitrogen and oxygen atoms in total. The van der Waals surface area contributed by atoms with Crippen LogP contribution in [0.15, 0.2) is 42.5 Å². The first-order valence-electron chi connectivity index (χ1n) is 11.2. The Bertz CT molecular complexity index is 1420. The zero-order chi connectivity index (χ0) is 24.0. The number of aryl methyl sites for hydroxylation is 1. The maximum atomic E-state index is 13.3. The number of nitrogens with one attached hydrogen (secondary N) is 1. The number of hydrogen-bond acceptors (Lipinski definition) is 4. The van der Waals surface area contributed by atoms with Crippen LogP contribution in [0.3, 0.4) is 0 Å². The number of amides is 1. The fourth-order valence-electron chi connectivity index (χ4n) is 4.70. The topological polar surface area (TPSA) is 80.2 Å². The second-order valence-corrected chi connectivity index (χ2v) is 9.05. The molecule has 3 heterocycles. The lowest BCUT2D eigenvalue weighted by molar-refractivity contribution is -0.131. The Balaban J connectivity index is 1.39. The van der Waals surface area contributed by atoms with E-state index in [1.54, 1.807) is 6.07 Å². The number of H-pyrrole nitrogens is 1. The van der Waals surface area contributed by atoms with Crippen LogP contribution in [0.4, 0.5) is 0 Å². The summed E-state index contributed by atoms with van der Waals surface area (Å²) in [4.78, 5) is 30.7. The van der Waals surface area contributed by atoms with Crippen molar-refractivity contribution in [3.05, 3.63) is 81.3 Å². The number of aromatic nitrogens is 3. The summed E-state index contributed by atoms with van der Waals surface area (Å²) in [5.41, 5.74) is 7.27. The molecule has 1 N–H and O–H groups in total. The van der Waals surface area contributed by atoms with Crippen molar-refractivity contribution in [1.29, 1.82) is 0 Å². The van der Waals surface area contributed by atoms with Crippen molar-refractivity contribution < 1.29 is 14.3 Å². The van der Waals surface area contributed by atoms with Gasteiger partial charge >= 0.3 is 5.97 Å². The molecule has 0 saturated heterocycles. The van der Waals surface area contributed by atoms with E-state index < -0.39 is 0 Å². The first-order chi connectivity index (χ1) is 16.4. The highest BCUT2D eigenvalue weighted by molar-refractivity contribution is 6.30. The normalized spacial score (nSPS) is 13.2. The van der Waals surface area contributed by atoms with Crippen LogP contribution in [0.2, 0.25) is 5.02 Å². The number of benzene rings is 2. The lowest BCUT2D eigenvalue weighted by atomic mass is 10.0. The maximum absolute atomic E-state index is 13.3. The summed E-state index contributed by atoms with van der Waals surface area (Å²) in [5.74, 6) is -0.310. The average Bonchev–Trinajstić information content (AvgIpc) is 3.35. The van der Waals surface area contributed by atoms with Crippen LogP contribution in [-0.2, 0) is 28.9 Å². The van der Waals surface area contributed by atoms with Gasteiger partial charge in [0.1, 0.15) is 0 Å². The predicted octanol–water partition coefficient (Wildman–Crippen LogP) is 4.54. The van der Waals surface area contributed by atoms with Gasteiger partial charge in [-0.3, -0.25) is 4.79 Å². The third-order valence-electron chi connectivity index (χ3n) is 6.59. The van der Waals surface area contributed by atoms with Gasteiger partial charge in [0.05, 0.1) is 30.5 Å². The standard InChI is InChI=1S/C26H25ClN4O3/c1-15-20(16(2)31(29-15)19-7-5-18(27)6-8-19)13-25(32)30-11-10-24-22(14-30)21-12-17(26(33)34-3)4-9-23(21)28-24/h4-9,12,28H,10-11,13-14H2,1-3H3. The zero-order valence-electron chi connectivity index (χ0n) is 19.3. The molecule has 0 radical (unpaired) electrons. The molecule has 34 heavy (non-hydrogen) atoms. The van der Waals surface area contributed by atoms with Crippen molar-refractivity contribution >= 4 is 34.4 Å². The highest BCUT2D eigenvalue weighted by Crippen LogP contribution is 2.29. The maximum Gasteiger partial charge on any atom is 0.337 e. The van der Waals surface area contributed by atoms with Crippen molar-refractivity contribution in [2.45, 2.75) is 33.2 Å². The Labute approximate surface area is 202 Å². The Morgan fingerprint density at radius 3 is 2.65 bits per heavy atom. The molecular weight excluding hydrogens is 452 g/mol. The molecule has 0 bridgehead atoms. The van der Waals surface area contributed by atoms with E-state index in [2.05, 4.69) is 10.1 Å². The minimum Gasteiger partial charge on any atom is -0.465 e. The lowest BCUT2D eigenvalue weighted by Crippen LogP contribution is -2.36. The molecule has 0 saturated carbocycles. The Morgan fingerprint density at radius 2 is 1.91 bits per heavy atom. The van der Waals surface area contributed by atoms with Gasteiger partial charge in [0.15, 0.2) is 0 Å². The van der Waals surface area contributed by atoms with E-state index >= 15 is 0 Å². The number of fused-ring (bicyclic) bond motifs is 3. The summed E-state index contributed by atoms with van der Waals surface area (Å²) in [7, 11) is 1.37. The first-order valence-corrected chi connectivity index (χ1v) is 11.5. The SMILES string of the molecule is COC(=O)c1ccc2[nH]c3c(c2c1)CN(C(=O)Cc1c(C)nn(-c2ccc(Cl)cc2)c1C)CC3. The van der Waals surface area contributed by atoms with E-state index in [0.29, 0.717) is 23.7 Å². The monoisotopic (exact) mass is 476 g/mol. The van der Waals surface area contributed by atoms with Crippen molar-refractivity contribution in [2.75, 3.05) is 13.7 Å². The molecule has 1 amide bonds. The van der Waals surface area contributed by atoms with Crippen molar-refractivity contribution in [3.8, 4) is 5.69 Å². The largest absolute Gasteiger partial charge is 0.465 e. The molecule has 4 aromatic rings. The molecule has 1 aliphatic heterocycles. The van der Waals surface area contributed by atoms with Crippen LogP contribution in [0.25, 0.3) is 16.6 Å².